The molecule has 0 heterocycles. The first kappa shape index (κ1) is 18.1. The van der Waals surface area contributed by atoms with Crippen molar-refractivity contribution in [2.24, 2.45) is 0 Å². The number of rotatable bonds is 3. The molecule has 7 nitrogen and oxygen atoms in total. The van der Waals surface area contributed by atoms with Crippen LogP contribution in [0.5, 0.6) is 0 Å². The monoisotopic (exact) mass is 296 g/mol. The first-order valence-corrected chi connectivity index (χ1v) is 6.02. The molecule has 3 N–H and O–H groups in total. The van der Waals surface area contributed by atoms with Crippen molar-refractivity contribution >= 4 is 22.1 Å². The Kier molecular flexibility index (Phi) is 5.72. The van der Waals surface area contributed by atoms with E-state index in [4.69, 9.17) is 14.8 Å². The maximum atomic E-state index is 11.2. The summed E-state index contributed by atoms with van der Waals surface area (Å²) in [6.45, 7) is 2.52. The smallest absolute Gasteiger partial charge is 0.487 e. The zero-order valence-electron chi connectivity index (χ0n) is 10.4. The fourth-order valence-electron chi connectivity index (χ4n) is 1.64. The standard InChI is InChI=1S/C10H9O7S.Na/c1-4-3-5(2)7(10(13)14)8(18(15,16)17)6(4)9(11)12;/h1-2H3,(H,11,12)(H,13,14)(H,15,16,17);/q-1;+1. The van der Waals surface area contributed by atoms with Crippen molar-refractivity contribution in [1.29, 1.82) is 0 Å². The minimum Gasteiger partial charge on any atom is -0.487 e. The summed E-state index contributed by atoms with van der Waals surface area (Å²) in [5.41, 5.74) is -1.73. The molecule has 0 unspecified atom stereocenters. The third-order valence-electron chi connectivity index (χ3n) is 2.26. The molecule has 1 aromatic rings. The van der Waals surface area contributed by atoms with E-state index < -0.39 is 38.1 Å². The minimum absolute atomic E-state index is 0. The Morgan fingerprint density at radius 2 is 1.32 bits per heavy atom. The molecule has 1 aromatic carbocycles. The van der Waals surface area contributed by atoms with Crippen LogP contribution in [0.2, 0.25) is 0 Å². The molecular weight excluding hydrogens is 287 g/mol. The van der Waals surface area contributed by atoms with Crippen LogP contribution in [-0.2, 0) is 10.1 Å². The average molecular weight is 296 g/mol. The molecule has 0 fully saturated rings. The van der Waals surface area contributed by atoms with Crippen molar-refractivity contribution in [2.45, 2.75) is 18.7 Å². The number of hydrogen-bond donors (Lipinski definition) is 3. The first-order chi connectivity index (χ1) is 8.07. The molecule has 1 rings (SSSR count). The van der Waals surface area contributed by atoms with Crippen molar-refractivity contribution in [1.82, 2.24) is 0 Å². The summed E-state index contributed by atoms with van der Waals surface area (Å²) in [7, 11) is -4.98. The number of aromatic carboxylic acids is 2. The number of hydrogen-bond acceptors (Lipinski definition) is 4. The van der Waals surface area contributed by atoms with Crippen LogP contribution >= 0.6 is 0 Å². The van der Waals surface area contributed by atoms with Gasteiger partial charge in [0.1, 0.15) is 0 Å². The summed E-state index contributed by atoms with van der Waals surface area (Å²) >= 11 is 0. The molecular formula is C10H9NaO7S. The zero-order chi connectivity index (χ0) is 14.2. The summed E-state index contributed by atoms with van der Waals surface area (Å²) < 4.78 is 31.4. The van der Waals surface area contributed by atoms with Gasteiger partial charge in [0.25, 0.3) is 22.1 Å². The SMILES string of the molecule is Cc1[c-]c(C)c(C(=O)O)c(S(=O)(=O)O)c1C(=O)O.[Na+]. The number of carbonyl (C=O) groups is 2. The molecule has 0 aliphatic heterocycles. The largest absolute Gasteiger partial charge is 1.00 e. The first-order valence-electron chi connectivity index (χ1n) is 4.58. The van der Waals surface area contributed by atoms with Crippen molar-refractivity contribution < 1.29 is 62.3 Å². The fourth-order valence-corrected chi connectivity index (χ4v) is 2.64. The van der Waals surface area contributed by atoms with Gasteiger partial charge in [-0.15, -0.1) is 11.1 Å². The topological polar surface area (TPSA) is 129 Å². The van der Waals surface area contributed by atoms with Crippen LogP contribution in [0, 0.1) is 19.9 Å². The quantitative estimate of drug-likeness (QED) is 0.326. The summed E-state index contributed by atoms with van der Waals surface area (Å²) in [6, 6.07) is 2.45. The van der Waals surface area contributed by atoms with Crippen LogP contribution in [0.4, 0.5) is 0 Å². The van der Waals surface area contributed by atoms with Crippen LogP contribution in [0.1, 0.15) is 31.8 Å². The van der Waals surface area contributed by atoms with Crippen molar-refractivity contribution in [3.05, 3.63) is 28.3 Å². The maximum absolute atomic E-state index is 11.2. The van der Waals surface area contributed by atoms with E-state index in [1.165, 1.54) is 13.8 Å². The third kappa shape index (κ3) is 3.54. The van der Waals surface area contributed by atoms with Gasteiger partial charge in [-0.2, -0.15) is 14.5 Å². The van der Waals surface area contributed by atoms with Gasteiger partial charge < -0.3 is 10.2 Å². The van der Waals surface area contributed by atoms with Gasteiger partial charge in [-0.1, -0.05) is 13.8 Å². The molecule has 0 spiro atoms. The van der Waals surface area contributed by atoms with Gasteiger partial charge in [-0.25, -0.2) is 0 Å². The average Bonchev–Trinajstić information content (AvgIpc) is 2.13. The predicted molar refractivity (Wildman–Crippen MR) is 58.5 cm³/mol. The van der Waals surface area contributed by atoms with Gasteiger partial charge in [-0.3, -0.25) is 14.1 Å². The minimum atomic E-state index is -4.98. The molecule has 9 heteroatoms. The normalized spacial score (nSPS) is 10.7. The van der Waals surface area contributed by atoms with E-state index in [2.05, 4.69) is 6.07 Å². The second kappa shape index (κ2) is 6.02. The second-order valence-electron chi connectivity index (χ2n) is 3.54. The Bertz CT molecular complexity index is 610. The zero-order valence-corrected chi connectivity index (χ0v) is 13.2. The molecule has 0 atom stereocenters. The van der Waals surface area contributed by atoms with Crippen LogP contribution in [0.3, 0.4) is 0 Å². The molecule has 0 saturated carbocycles. The Balaban J connectivity index is 0.00000324. The summed E-state index contributed by atoms with van der Waals surface area (Å²) in [4.78, 5) is 20.9. The van der Waals surface area contributed by atoms with Gasteiger partial charge >= 0.3 is 29.6 Å². The summed E-state index contributed by atoms with van der Waals surface area (Å²) in [5.74, 6) is -3.31. The van der Waals surface area contributed by atoms with Gasteiger partial charge in [0.05, 0.1) is 0 Å². The molecule has 0 radical (unpaired) electrons. The van der Waals surface area contributed by atoms with E-state index in [0.29, 0.717) is 0 Å². The van der Waals surface area contributed by atoms with Gasteiger partial charge in [-0.05, 0) is 11.1 Å². The van der Waals surface area contributed by atoms with E-state index in [0.717, 1.165) is 0 Å². The predicted octanol–water partition coefficient (Wildman–Crippen LogP) is -2.25. The molecule has 0 aliphatic rings. The van der Waals surface area contributed by atoms with E-state index in [1.807, 2.05) is 0 Å². The maximum Gasteiger partial charge on any atom is 1.00 e. The van der Waals surface area contributed by atoms with E-state index in [-0.39, 0.29) is 40.7 Å². The molecule has 0 aromatic heterocycles. The Morgan fingerprint density at radius 1 is 1.00 bits per heavy atom. The van der Waals surface area contributed by atoms with Crippen LogP contribution in [0.25, 0.3) is 0 Å². The Hall–Kier alpha value is -0.930. The summed E-state index contributed by atoms with van der Waals surface area (Å²) in [5, 5.41) is 17.8. The van der Waals surface area contributed by atoms with Gasteiger partial charge in [0.2, 0.25) is 0 Å². The third-order valence-corrected chi connectivity index (χ3v) is 3.19. The number of benzene rings is 1. The van der Waals surface area contributed by atoms with E-state index in [9.17, 15) is 18.0 Å². The van der Waals surface area contributed by atoms with E-state index >= 15 is 0 Å². The van der Waals surface area contributed by atoms with Crippen molar-refractivity contribution in [3.63, 3.8) is 0 Å². The van der Waals surface area contributed by atoms with Crippen molar-refractivity contribution in [2.75, 3.05) is 0 Å². The summed E-state index contributed by atoms with van der Waals surface area (Å²) in [6.07, 6.45) is 0. The van der Waals surface area contributed by atoms with Crippen LogP contribution in [0.15, 0.2) is 4.90 Å². The number of carboxylic acid groups (broad SMARTS) is 2. The molecule has 0 bridgehead atoms. The molecule has 98 valence electrons. The van der Waals surface area contributed by atoms with Crippen LogP contribution in [-0.4, -0.2) is 35.1 Å². The fraction of sp³-hybridized carbons (Fsp3) is 0.200. The molecule has 0 saturated heterocycles. The van der Waals surface area contributed by atoms with Crippen LogP contribution < -0.4 is 29.6 Å². The molecule has 0 aliphatic carbocycles. The second-order valence-corrected chi connectivity index (χ2v) is 4.90. The Labute approximate surface area is 131 Å². The van der Waals surface area contributed by atoms with Gasteiger partial charge in [0, 0.05) is 4.90 Å². The van der Waals surface area contributed by atoms with E-state index in [1.54, 1.807) is 0 Å². The molecule has 19 heavy (non-hydrogen) atoms. The molecule has 0 amide bonds. The number of carboxylic acids is 2. The number of aryl methyl sites for hydroxylation is 2. The van der Waals surface area contributed by atoms with Crippen molar-refractivity contribution in [3.8, 4) is 0 Å². The van der Waals surface area contributed by atoms with Gasteiger partial charge in [0.15, 0.2) is 0 Å². The Morgan fingerprint density at radius 3 is 1.53 bits per heavy atom.